The van der Waals surface area contributed by atoms with Crippen LogP contribution in [0.4, 0.5) is 0 Å². The molecule has 1 aliphatic heterocycles. The molecule has 0 aliphatic carbocycles. The number of aliphatic carboxylic acids is 1. The van der Waals surface area contributed by atoms with Crippen molar-refractivity contribution in [3.63, 3.8) is 0 Å². The number of amides is 1. The van der Waals surface area contributed by atoms with Crippen LogP contribution in [0.15, 0.2) is 0 Å². The third kappa shape index (κ3) is 5.81. The molecule has 0 unspecified atom stereocenters. The van der Waals surface area contributed by atoms with E-state index in [4.69, 9.17) is 10.5 Å². The average molecular weight is 384 g/mol. The predicted octanol–water partition coefficient (Wildman–Crippen LogP) is 2.98. The van der Waals surface area contributed by atoms with Crippen LogP contribution in [0.1, 0.15) is 42.3 Å². The fourth-order valence-corrected chi connectivity index (χ4v) is 4.73. The zero-order chi connectivity index (χ0) is 18.6. The van der Waals surface area contributed by atoms with Crippen LogP contribution >= 0.6 is 23.1 Å². The molecule has 2 rings (SSSR count). The molecule has 1 aromatic heterocycles. The normalized spacial score (nSPS) is 15.6. The average Bonchev–Trinajstić information content (AvgIpc) is 2.85. The number of piperidine rings is 1. The number of rotatable bonds is 6. The van der Waals surface area contributed by atoms with Gasteiger partial charge in [0, 0.05) is 29.1 Å². The van der Waals surface area contributed by atoms with Crippen LogP contribution in [0, 0.1) is 18.3 Å². The molecule has 8 heteroatoms. The fourth-order valence-electron chi connectivity index (χ4n) is 2.85. The highest BCUT2D eigenvalue weighted by Crippen LogP contribution is 2.26. The molecule has 2 N–H and O–H groups in total. The van der Waals surface area contributed by atoms with Gasteiger partial charge in [0.05, 0.1) is 23.6 Å². The van der Waals surface area contributed by atoms with E-state index >= 15 is 0 Å². The van der Waals surface area contributed by atoms with Gasteiger partial charge in [0.2, 0.25) is 5.91 Å². The number of thioether (sulfide) groups is 1. The molecule has 1 aromatic rings. The van der Waals surface area contributed by atoms with E-state index in [-0.39, 0.29) is 24.7 Å². The lowest BCUT2D eigenvalue weighted by Crippen LogP contribution is -2.40. The molecule has 1 aliphatic rings. The van der Waals surface area contributed by atoms with Crippen molar-refractivity contribution in [3.05, 3.63) is 15.6 Å². The van der Waals surface area contributed by atoms with Crippen molar-refractivity contribution in [2.24, 2.45) is 5.92 Å². The highest BCUT2D eigenvalue weighted by Gasteiger charge is 2.26. The lowest BCUT2D eigenvalue weighted by Gasteiger charge is -2.32. The van der Waals surface area contributed by atoms with Crippen LogP contribution in [-0.2, 0) is 22.4 Å². The second kappa shape index (κ2) is 8.80. The van der Waals surface area contributed by atoms with Crippen molar-refractivity contribution < 1.29 is 14.7 Å². The first kappa shape index (κ1) is 19.9. The van der Waals surface area contributed by atoms with Crippen molar-refractivity contribution in [1.29, 1.82) is 5.41 Å². The minimum atomic E-state index is -0.907. The monoisotopic (exact) mass is 383 g/mol. The Labute approximate surface area is 156 Å². The third-order valence-electron chi connectivity index (χ3n) is 4.14. The first-order valence-corrected chi connectivity index (χ1v) is 10.2. The lowest BCUT2D eigenvalue weighted by molar-refractivity contribution is -0.136. The Morgan fingerprint density at radius 1 is 1.36 bits per heavy atom. The fraction of sp³-hybridized carbons (Fsp3) is 0.647. The molecule has 0 bridgehead atoms. The van der Waals surface area contributed by atoms with Gasteiger partial charge in [0.25, 0.3) is 0 Å². The molecular formula is C17H25N3O3S2. The Balaban J connectivity index is 1.86. The summed E-state index contributed by atoms with van der Waals surface area (Å²) in [4.78, 5) is 30.3. The van der Waals surface area contributed by atoms with Gasteiger partial charge < -0.3 is 10.0 Å². The lowest BCUT2D eigenvalue weighted by atomic mass is 9.98. The summed E-state index contributed by atoms with van der Waals surface area (Å²) in [5, 5.41) is 18.9. The maximum atomic E-state index is 12.5. The zero-order valence-corrected chi connectivity index (χ0v) is 16.5. The SMILES string of the molecule is Cc1sc(CC(=O)N2CCC(C(=N)SC(C)C)CC2)nc1CC(=O)O. The molecule has 0 spiro atoms. The van der Waals surface area contributed by atoms with Crippen molar-refractivity contribution >= 4 is 40.0 Å². The van der Waals surface area contributed by atoms with Gasteiger partial charge in [-0.25, -0.2) is 4.98 Å². The number of aryl methyl sites for hydroxylation is 1. The van der Waals surface area contributed by atoms with Crippen LogP contribution in [0.3, 0.4) is 0 Å². The number of carboxylic acid groups (broad SMARTS) is 1. The third-order valence-corrected chi connectivity index (χ3v) is 6.21. The number of hydrogen-bond donors (Lipinski definition) is 2. The highest BCUT2D eigenvalue weighted by molar-refractivity contribution is 8.14. The summed E-state index contributed by atoms with van der Waals surface area (Å²) in [6.45, 7) is 7.38. The first-order valence-electron chi connectivity index (χ1n) is 8.46. The van der Waals surface area contributed by atoms with E-state index in [1.54, 1.807) is 11.8 Å². The topological polar surface area (TPSA) is 94.4 Å². The zero-order valence-electron chi connectivity index (χ0n) is 14.9. The van der Waals surface area contributed by atoms with Gasteiger partial charge in [-0.3, -0.25) is 15.0 Å². The smallest absolute Gasteiger partial charge is 0.309 e. The van der Waals surface area contributed by atoms with Crippen LogP contribution in [-0.4, -0.2) is 50.3 Å². The molecule has 1 saturated heterocycles. The minimum absolute atomic E-state index is 0.0390. The Bertz CT molecular complexity index is 650. The molecule has 6 nitrogen and oxygen atoms in total. The molecular weight excluding hydrogens is 358 g/mol. The first-order chi connectivity index (χ1) is 11.8. The number of aromatic nitrogens is 1. The van der Waals surface area contributed by atoms with Gasteiger partial charge in [0.1, 0.15) is 5.01 Å². The largest absolute Gasteiger partial charge is 0.481 e. The van der Waals surface area contributed by atoms with E-state index in [1.165, 1.54) is 11.3 Å². The summed E-state index contributed by atoms with van der Waals surface area (Å²) in [5.41, 5.74) is 0.554. The van der Waals surface area contributed by atoms with Crippen molar-refractivity contribution in [2.45, 2.75) is 51.7 Å². The minimum Gasteiger partial charge on any atom is -0.481 e. The van der Waals surface area contributed by atoms with Crippen molar-refractivity contribution in [2.75, 3.05) is 13.1 Å². The van der Waals surface area contributed by atoms with Crippen LogP contribution < -0.4 is 0 Å². The molecule has 0 radical (unpaired) electrons. The molecule has 0 aromatic carbocycles. The van der Waals surface area contributed by atoms with E-state index in [0.29, 0.717) is 29.0 Å². The van der Waals surface area contributed by atoms with E-state index in [0.717, 1.165) is 22.8 Å². The Hall–Kier alpha value is -1.41. The maximum absolute atomic E-state index is 12.5. The summed E-state index contributed by atoms with van der Waals surface area (Å²) in [6, 6.07) is 0. The molecule has 0 atom stereocenters. The summed E-state index contributed by atoms with van der Waals surface area (Å²) < 4.78 is 0. The summed E-state index contributed by atoms with van der Waals surface area (Å²) in [5.74, 6) is -0.604. The van der Waals surface area contributed by atoms with Gasteiger partial charge in [-0.05, 0) is 19.8 Å². The second-order valence-corrected chi connectivity index (χ2v) is 9.45. The molecule has 0 saturated carbocycles. The summed E-state index contributed by atoms with van der Waals surface area (Å²) >= 11 is 3.01. The maximum Gasteiger partial charge on any atom is 0.309 e. The Morgan fingerprint density at radius 3 is 2.56 bits per heavy atom. The van der Waals surface area contributed by atoms with Gasteiger partial charge in [0.15, 0.2) is 0 Å². The molecule has 25 heavy (non-hydrogen) atoms. The van der Waals surface area contributed by atoms with Crippen LogP contribution in [0.25, 0.3) is 0 Å². The van der Waals surface area contributed by atoms with Crippen molar-refractivity contribution in [1.82, 2.24) is 9.88 Å². The van der Waals surface area contributed by atoms with Gasteiger partial charge in [-0.15, -0.1) is 23.1 Å². The van der Waals surface area contributed by atoms with Gasteiger partial charge in [-0.2, -0.15) is 0 Å². The van der Waals surface area contributed by atoms with Crippen LogP contribution in [0.2, 0.25) is 0 Å². The highest BCUT2D eigenvalue weighted by atomic mass is 32.2. The predicted molar refractivity (Wildman–Crippen MR) is 102 cm³/mol. The summed E-state index contributed by atoms with van der Waals surface area (Å²) in [7, 11) is 0. The number of carbonyl (C=O) groups excluding carboxylic acids is 1. The molecule has 2 heterocycles. The van der Waals surface area contributed by atoms with E-state index in [2.05, 4.69) is 18.8 Å². The quantitative estimate of drug-likeness (QED) is 0.582. The molecule has 138 valence electrons. The summed E-state index contributed by atoms with van der Waals surface area (Å²) in [6.07, 6.45) is 1.81. The van der Waals surface area contributed by atoms with E-state index in [1.807, 2.05) is 11.8 Å². The second-order valence-electron chi connectivity index (χ2n) is 6.54. The number of thiazole rings is 1. The number of carbonyl (C=O) groups is 2. The van der Waals surface area contributed by atoms with Gasteiger partial charge in [-0.1, -0.05) is 13.8 Å². The Morgan fingerprint density at radius 2 is 2.00 bits per heavy atom. The Kier molecular flexibility index (Phi) is 7.01. The number of likely N-dealkylation sites (tertiary alicyclic amines) is 1. The van der Waals surface area contributed by atoms with Crippen molar-refractivity contribution in [3.8, 4) is 0 Å². The van der Waals surface area contributed by atoms with E-state index in [9.17, 15) is 9.59 Å². The van der Waals surface area contributed by atoms with E-state index < -0.39 is 5.97 Å². The molecule has 1 fully saturated rings. The number of hydrogen-bond acceptors (Lipinski definition) is 6. The number of carboxylic acids is 1. The molecule has 1 amide bonds. The number of nitrogens with zero attached hydrogens (tertiary/aromatic N) is 2. The van der Waals surface area contributed by atoms with Gasteiger partial charge >= 0.3 is 5.97 Å². The number of nitrogens with one attached hydrogen (secondary N) is 1. The standard InChI is InChI=1S/C17H25N3O3S2/c1-10(2)24-17(18)12-4-6-20(7-5-12)15(21)9-14-19-13(8-16(22)23)11(3)25-14/h10,12,18H,4-9H2,1-3H3,(H,22,23). The van der Waals surface area contributed by atoms with Crippen LogP contribution in [0.5, 0.6) is 0 Å².